The molecule has 0 aliphatic carbocycles. The van der Waals surface area contributed by atoms with Crippen LogP contribution < -0.4 is 10.6 Å². The lowest BCUT2D eigenvalue weighted by Crippen LogP contribution is -2.37. The molecule has 0 spiro atoms. The van der Waals surface area contributed by atoms with Crippen molar-refractivity contribution in [1.82, 2.24) is 15.0 Å². The normalized spacial score (nSPS) is 24.3. The first-order valence-corrected chi connectivity index (χ1v) is 6.72. The second-order valence-corrected chi connectivity index (χ2v) is 5.23. The van der Waals surface area contributed by atoms with Gasteiger partial charge in [-0.3, -0.25) is 0 Å². The van der Waals surface area contributed by atoms with Gasteiger partial charge in [0.15, 0.2) is 0 Å². The maximum Gasteiger partial charge on any atom is 0.132 e. The number of morpholine rings is 1. The fraction of sp³-hybridized carbons (Fsp3) is 0.357. The Bertz CT molecular complexity index is 630. The number of ether oxygens (including phenoxy) is 1. The molecule has 2 bridgehead atoms. The fourth-order valence-electron chi connectivity index (χ4n) is 2.90. The highest BCUT2D eigenvalue weighted by Crippen LogP contribution is 2.32. The van der Waals surface area contributed by atoms with Gasteiger partial charge in [0.25, 0.3) is 0 Å². The molecular formula is C14H15N5O. The van der Waals surface area contributed by atoms with Crippen molar-refractivity contribution in [1.29, 1.82) is 0 Å². The lowest BCUT2D eigenvalue weighted by Gasteiger charge is -2.27. The summed E-state index contributed by atoms with van der Waals surface area (Å²) in [4.78, 5) is 15.1. The molecule has 0 radical (unpaired) electrons. The second kappa shape index (κ2) is 4.42. The number of nitrogens with two attached hydrogens (primary N) is 1. The minimum Gasteiger partial charge on any atom is -0.384 e. The third-order valence-electron chi connectivity index (χ3n) is 3.93. The van der Waals surface area contributed by atoms with Gasteiger partial charge < -0.3 is 15.4 Å². The Balaban J connectivity index is 1.66. The molecule has 0 unspecified atom stereocenters. The zero-order chi connectivity index (χ0) is 13.5. The maximum absolute atomic E-state index is 5.62. The zero-order valence-electron chi connectivity index (χ0n) is 10.9. The Kier molecular flexibility index (Phi) is 2.56. The van der Waals surface area contributed by atoms with Gasteiger partial charge in [0, 0.05) is 24.4 Å². The van der Waals surface area contributed by atoms with Crippen molar-refractivity contribution in [2.75, 3.05) is 23.8 Å². The summed E-state index contributed by atoms with van der Waals surface area (Å²) in [5.74, 6) is 1.47. The Morgan fingerprint density at radius 3 is 2.90 bits per heavy atom. The molecular weight excluding hydrogens is 254 g/mol. The molecule has 0 saturated carbocycles. The van der Waals surface area contributed by atoms with E-state index in [-0.39, 0.29) is 0 Å². The third-order valence-corrected chi connectivity index (χ3v) is 3.93. The summed E-state index contributed by atoms with van der Waals surface area (Å²) >= 11 is 0. The standard InChI is InChI=1S/C14H15N5O/c15-13-2-1-9(5-16-13)12-4-14(18-8-17-12)19-6-11-3-10(19)7-20-11/h1-2,4-5,8,10-11H,3,6-7H2,(H2,15,16)/t10-,11-/m0/s1. The molecule has 20 heavy (non-hydrogen) atoms. The van der Waals surface area contributed by atoms with Crippen LogP contribution in [0.5, 0.6) is 0 Å². The van der Waals surface area contributed by atoms with Crippen molar-refractivity contribution in [3.8, 4) is 11.3 Å². The quantitative estimate of drug-likeness (QED) is 0.879. The van der Waals surface area contributed by atoms with Crippen LogP contribution in [0.2, 0.25) is 0 Å². The Labute approximate surface area is 116 Å². The summed E-state index contributed by atoms with van der Waals surface area (Å²) in [5.41, 5.74) is 7.42. The van der Waals surface area contributed by atoms with Gasteiger partial charge in [-0.05, 0) is 18.6 Å². The predicted octanol–water partition coefficient (Wildman–Crippen LogP) is 1.10. The molecule has 2 aliphatic heterocycles. The fourth-order valence-corrected chi connectivity index (χ4v) is 2.90. The van der Waals surface area contributed by atoms with E-state index in [4.69, 9.17) is 10.5 Å². The van der Waals surface area contributed by atoms with Gasteiger partial charge in [-0.1, -0.05) is 0 Å². The average molecular weight is 269 g/mol. The molecule has 2 atom stereocenters. The molecule has 102 valence electrons. The van der Waals surface area contributed by atoms with Crippen molar-refractivity contribution >= 4 is 11.6 Å². The molecule has 2 N–H and O–H groups in total. The largest absolute Gasteiger partial charge is 0.384 e. The van der Waals surface area contributed by atoms with E-state index in [2.05, 4.69) is 19.9 Å². The number of nitrogen functional groups attached to an aromatic ring is 1. The van der Waals surface area contributed by atoms with Crippen LogP contribution in [0.1, 0.15) is 6.42 Å². The van der Waals surface area contributed by atoms with E-state index in [1.165, 1.54) is 0 Å². The van der Waals surface area contributed by atoms with E-state index in [1.807, 2.05) is 12.1 Å². The van der Waals surface area contributed by atoms with Crippen LogP contribution in [0.15, 0.2) is 30.7 Å². The first-order chi connectivity index (χ1) is 9.79. The van der Waals surface area contributed by atoms with Gasteiger partial charge in [0.2, 0.25) is 0 Å². The van der Waals surface area contributed by atoms with E-state index < -0.39 is 0 Å². The van der Waals surface area contributed by atoms with Gasteiger partial charge in [0.1, 0.15) is 18.0 Å². The monoisotopic (exact) mass is 269 g/mol. The molecule has 2 aliphatic rings. The summed E-state index contributed by atoms with van der Waals surface area (Å²) in [5, 5.41) is 0. The molecule has 0 aromatic carbocycles. The van der Waals surface area contributed by atoms with Gasteiger partial charge in [-0.25, -0.2) is 15.0 Å². The molecule has 4 heterocycles. The van der Waals surface area contributed by atoms with E-state index in [9.17, 15) is 0 Å². The molecule has 0 amide bonds. The zero-order valence-corrected chi connectivity index (χ0v) is 10.9. The number of anilines is 2. The smallest absolute Gasteiger partial charge is 0.132 e. The molecule has 2 aromatic heterocycles. The lowest BCUT2D eigenvalue weighted by molar-refractivity contribution is 0.0989. The van der Waals surface area contributed by atoms with Gasteiger partial charge in [-0.2, -0.15) is 0 Å². The summed E-state index contributed by atoms with van der Waals surface area (Å²) in [6.07, 6.45) is 4.80. The van der Waals surface area contributed by atoms with E-state index in [0.717, 1.165) is 36.6 Å². The number of pyridine rings is 1. The molecule has 6 heteroatoms. The Morgan fingerprint density at radius 2 is 2.20 bits per heavy atom. The van der Waals surface area contributed by atoms with Gasteiger partial charge in [-0.15, -0.1) is 0 Å². The number of nitrogens with zero attached hydrogens (tertiary/aromatic N) is 4. The molecule has 2 saturated heterocycles. The Morgan fingerprint density at radius 1 is 1.25 bits per heavy atom. The minimum absolute atomic E-state index is 0.358. The number of hydrogen-bond donors (Lipinski definition) is 1. The summed E-state index contributed by atoms with van der Waals surface area (Å²) in [7, 11) is 0. The highest BCUT2D eigenvalue weighted by Gasteiger charge is 2.39. The lowest BCUT2D eigenvalue weighted by atomic mass is 10.2. The van der Waals surface area contributed by atoms with Crippen molar-refractivity contribution in [3.63, 3.8) is 0 Å². The van der Waals surface area contributed by atoms with Crippen LogP contribution in [-0.2, 0) is 4.74 Å². The van der Waals surface area contributed by atoms with Crippen LogP contribution in [0.3, 0.4) is 0 Å². The van der Waals surface area contributed by atoms with Crippen LogP contribution in [0, 0.1) is 0 Å². The SMILES string of the molecule is Nc1ccc(-c2cc(N3C[C@@H]4C[C@H]3CO4)ncn2)cn1. The maximum atomic E-state index is 5.62. The molecule has 2 aromatic rings. The molecule has 4 rings (SSSR count). The van der Waals surface area contributed by atoms with E-state index in [1.54, 1.807) is 18.6 Å². The van der Waals surface area contributed by atoms with Gasteiger partial charge in [0.05, 0.1) is 24.4 Å². The second-order valence-electron chi connectivity index (χ2n) is 5.23. The van der Waals surface area contributed by atoms with Crippen LogP contribution in [0.25, 0.3) is 11.3 Å². The summed E-state index contributed by atoms with van der Waals surface area (Å²) in [6, 6.07) is 6.16. The van der Waals surface area contributed by atoms with Crippen molar-refractivity contribution in [3.05, 3.63) is 30.7 Å². The molecule has 2 fully saturated rings. The van der Waals surface area contributed by atoms with Crippen LogP contribution in [-0.4, -0.2) is 40.2 Å². The highest BCUT2D eigenvalue weighted by atomic mass is 16.5. The Hall–Kier alpha value is -2.21. The minimum atomic E-state index is 0.358. The summed E-state index contributed by atoms with van der Waals surface area (Å²) in [6.45, 7) is 1.72. The number of rotatable bonds is 2. The number of aromatic nitrogens is 3. The van der Waals surface area contributed by atoms with E-state index >= 15 is 0 Å². The van der Waals surface area contributed by atoms with Crippen LogP contribution in [0.4, 0.5) is 11.6 Å². The van der Waals surface area contributed by atoms with Gasteiger partial charge >= 0.3 is 0 Å². The topological polar surface area (TPSA) is 77.2 Å². The third kappa shape index (κ3) is 1.89. The first kappa shape index (κ1) is 11.6. The van der Waals surface area contributed by atoms with Crippen LogP contribution >= 0.6 is 0 Å². The average Bonchev–Trinajstić information content (AvgIpc) is 3.11. The number of fused-ring (bicyclic) bond motifs is 2. The summed E-state index contributed by atoms with van der Waals surface area (Å²) < 4.78 is 5.62. The predicted molar refractivity (Wildman–Crippen MR) is 75.2 cm³/mol. The van der Waals surface area contributed by atoms with Crippen molar-refractivity contribution in [2.45, 2.75) is 18.6 Å². The van der Waals surface area contributed by atoms with Crippen molar-refractivity contribution < 1.29 is 4.74 Å². The first-order valence-electron chi connectivity index (χ1n) is 6.72. The molecule has 6 nitrogen and oxygen atoms in total. The highest BCUT2D eigenvalue weighted by molar-refractivity contribution is 5.63. The van der Waals surface area contributed by atoms with Crippen molar-refractivity contribution in [2.24, 2.45) is 0 Å². The number of hydrogen-bond acceptors (Lipinski definition) is 6. The van der Waals surface area contributed by atoms with E-state index in [0.29, 0.717) is 18.0 Å².